The first-order valence-corrected chi connectivity index (χ1v) is 8.82. The molecule has 0 aromatic heterocycles. The van der Waals surface area contributed by atoms with Crippen LogP contribution in [-0.4, -0.2) is 61.4 Å². The number of aliphatic carboxylic acids is 1. The SMILES string of the molecule is NS(=O)(=O)NCC1CCCN(C(=O)CSCC(=O)O)C1. The van der Waals surface area contributed by atoms with E-state index in [1.807, 2.05) is 0 Å². The Hall–Kier alpha value is -0.840. The molecule has 1 aliphatic heterocycles. The van der Waals surface area contributed by atoms with E-state index in [1.54, 1.807) is 4.90 Å². The molecule has 1 amide bonds. The van der Waals surface area contributed by atoms with Crippen LogP contribution in [0.3, 0.4) is 0 Å². The molecule has 4 N–H and O–H groups in total. The molecule has 0 aromatic carbocycles. The van der Waals surface area contributed by atoms with Gasteiger partial charge in [-0.05, 0) is 18.8 Å². The Balaban J connectivity index is 2.36. The molecule has 1 saturated heterocycles. The molecule has 1 fully saturated rings. The van der Waals surface area contributed by atoms with Crippen molar-refractivity contribution in [3.05, 3.63) is 0 Å². The lowest BCUT2D eigenvalue weighted by Crippen LogP contribution is -2.45. The van der Waals surface area contributed by atoms with Crippen LogP contribution in [0.25, 0.3) is 0 Å². The third-order valence-electron chi connectivity index (χ3n) is 2.90. The van der Waals surface area contributed by atoms with Gasteiger partial charge >= 0.3 is 5.97 Å². The second-order valence-electron chi connectivity index (χ2n) is 4.63. The van der Waals surface area contributed by atoms with Gasteiger partial charge in [0.25, 0.3) is 10.2 Å². The first-order chi connectivity index (χ1) is 9.28. The minimum Gasteiger partial charge on any atom is -0.481 e. The number of nitrogens with zero attached hydrogens (tertiary/aromatic N) is 1. The Morgan fingerprint density at radius 3 is 2.70 bits per heavy atom. The zero-order valence-electron chi connectivity index (χ0n) is 10.9. The molecule has 0 spiro atoms. The van der Waals surface area contributed by atoms with Gasteiger partial charge in [0.2, 0.25) is 5.91 Å². The standard InChI is InChI=1S/C10H19N3O5S2/c11-20(17,18)12-4-8-2-1-3-13(5-8)9(14)6-19-7-10(15)16/h8,12H,1-7H2,(H,15,16)(H2,11,17,18). The van der Waals surface area contributed by atoms with Crippen molar-refractivity contribution in [1.29, 1.82) is 0 Å². The second-order valence-corrected chi connectivity index (χ2v) is 6.99. The lowest BCUT2D eigenvalue weighted by Gasteiger charge is -2.32. The summed E-state index contributed by atoms with van der Waals surface area (Å²) in [5.74, 6) is -0.999. The summed E-state index contributed by atoms with van der Waals surface area (Å²) in [5, 5.41) is 13.4. The monoisotopic (exact) mass is 325 g/mol. The highest BCUT2D eigenvalue weighted by Crippen LogP contribution is 2.17. The van der Waals surface area contributed by atoms with Crippen LogP contribution in [0.15, 0.2) is 0 Å². The molecule has 10 heteroatoms. The van der Waals surface area contributed by atoms with Gasteiger partial charge in [-0.2, -0.15) is 8.42 Å². The van der Waals surface area contributed by atoms with E-state index >= 15 is 0 Å². The van der Waals surface area contributed by atoms with Crippen molar-refractivity contribution in [3.8, 4) is 0 Å². The number of hydrogen-bond acceptors (Lipinski definition) is 5. The number of nitrogens with two attached hydrogens (primary N) is 1. The number of amides is 1. The van der Waals surface area contributed by atoms with Crippen molar-refractivity contribution >= 4 is 33.8 Å². The smallest absolute Gasteiger partial charge is 0.313 e. The fourth-order valence-electron chi connectivity index (χ4n) is 2.01. The average Bonchev–Trinajstić information content (AvgIpc) is 2.35. The van der Waals surface area contributed by atoms with E-state index in [0.717, 1.165) is 24.6 Å². The topological polar surface area (TPSA) is 130 Å². The Morgan fingerprint density at radius 2 is 2.10 bits per heavy atom. The minimum atomic E-state index is -3.71. The van der Waals surface area contributed by atoms with Crippen LogP contribution in [0.1, 0.15) is 12.8 Å². The molecule has 1 rings (SSSR count). The lowest BCUT2D eigenvalue weighted by atomic mass is 9.98. The number of likely N-dealkylation sites (tertiary alicyclic amines) is 1. The molecular weight excluding hydrogens is 306 g/mol. The summed E-state index contributed by atoms with van der Waals surface area (Å²) in [5.41, 5.74) is 0. The highest BCUT2D eigenvalue weighted by atomic mass is 32.2. The molecule has 0 saturated carbocycles. The number of thioether (sulfide) groups is 1. The number of carbonyl (C=O) groups is 2. The molecule has 8 nitrogen and oxygen atoms in total. The summed E-state index contributed by atoms with van der Waals surface area (Å²) in [6, 6.07) is 0. The first-order valence-electron chi connectivity index (χ1n) is 6.12. The van der Waals surface area contributed by atoms with Gasteiger partial charge in [-0.1, -0.05) is 0 Å². The fourth-order valence-corrected chi connectivity index (χ4v) is 3.11. The van der Waals surface area contributed by atoms with Gasteiger partial charge in [0.1, 0.15) is 0 Å². The van der Waals surface area contributed by atoms with E-state index in [2.05, 4.69) is 4.72 Å². The van der Waals surface area contributed by atoms with Crippen molar-refractivity contribution in [1.82, 2.24) is 9.62 Å². The Labute approximate surface area is 122 Å². The summed E-state index contributed by atoms with van der Waals surface area (Å²) in [4.78, 5) is 23.9. The molecule has 0 aliphatic carbocycles. The van der Waals surface area contributed by atoms with Gasteiger partial charge in [-0.15, -0.1) is 11.8 Å². The molecule has 116 valence electrons. The number of carboxylic acid groups (broad SMARTS) is 1. The molecule has 1 aliphatic rings. The van der Waals surface area contributed by atoms with Gasteiger partial charge in [0.05, 0.1) is 11.5 Å². The molecule has 0 bridgehead atoms. The number of nitrogens with one attached hydrogen (secondary N) is 1. The predicted octanol–water partition coefficient (Wildman–Crippen LogP) is -1.16. The van der Waals surface area contributed by atoms with Crippen molar-refractivity contribution < 1.29 is 23.1 Å². The van der Waals surface area contributed by atoms with E-state index in [1.165, 1.54) is 0 Å². The van der Waals surface area contributed by atoms with Crippen molar-refractivity contribution in [2.24, 2.45) is 11.1 Å². The highest BCUT2D eigenvalue weighted by Gasteiger charge is 2.24. The molecular formula is C10H19N3O5S2. The normalized spacial score (nSPS) is 19.9. The quantitative estimate of drug-likeness (QED) is 0.541. The Kier molecular flexibility index (Phi) is 6.72. The van der Waals surface area contributed by atoms with Crippen LogP contribution in [0.4, 0.5) is 0 Å². The van der Waals surface area contributed by atoms with Crippen LogP contribution in [0.2, 0.25) is 0 Å². The summed E-state index contributed by atoms with van der Waals surface area (Å²) >= 11 is 1.06. The summed E-state index contributed by atoms with van der Waals surface area (Å²) in [7, 11) is -3.71. The van der Waals surface area contributed by atoms with Crippen LogP contribution in [0, 0.1) is 5.92 Å². The van der Waals surface area contributed by atoms with Crippen molar-refractivity contribution in [3.63, 3.8) is 0 Å². The van der Waals surface area contributed by atoms with E-state index < -0.39 is 16.2 Å². The molecule has 0 radical (unpaired) electrons. The summed E-state index contributed by atoms with van der Waals surface area (Å²) in [6.45, 7) is 1.30. The maximum Gasteiger partial charge on any atom is 0.313 e. The Bertz CT molecular complexity index is 454. The number of hydrogen-bond donors (Lipinski definition) is 3. The Morgan fingerprint density at radius 1 is 1.40 bits per heavy atom. The third kappa shape index (κ3) is 7.08. The second kappa shape index (κ2) is 7.81. The van der Waals surface area contributed by atoms with Crippen LogP contribution < -0.4 is 9.86 Å². The van der Waals surface area contributed by atoms with Crippen LogP contribution in [-0.2, 0) is 19.8 Å². The maximum atomic E-state index is 11.9. The number of rotatable bonds is 7. The summed E-state index contributed by atoms with van der Waals surface area (Å²) in [6.07, 6.45) is 1.63. The zero-order chi connectivity index (χ0) is 15.2. The van der Waals surface area contributed by atoms with Crippen molar-refractivity contribution in [2.75, 3.05) is 31.1 Å². The maximum absolute atomic E-state index is 11.9. The minimum absolute atomic E-state index is 0.0375. The average molecular weight is 325 g/mol. The van der Waals surface area contributed by atoms with Gasteiger partial charge in [-0.25, -0.2) is 9.86 Å². The molecule has 20 heavy (non-hydrogen) atoms. The van der Waals surface area contributed by atoms with E-state index in [-0.39, 0.29) is 29.9 Å². The largest absolute Gasteiger partial charge is 0.481 e. The predicted molar refractivity (Wildman–Crippen MR) is 75.4 cm³/mol. The number of carboxylic acids is 1. The first kappa shape index (κ1) is 17.2. The lowest BCUT2D eigenvalue weighted by molar-refractivity contribution is -0.133. The highest BCUT2D eigenvalue weighted by molar-refractivity contribution is 8.00. The van der Waals surface area contributed by atoms with Gasteiger partial charge < -0.3 is 10.0 Å². The van der Waals surface area contributed by atoms with Crippen LogP contribution in [0.5, 0.6) is 0 Å². The van der Waals surface area contributed by atoms with Gasteiger partial charge in [0, 0.05) is 19.6 Å². The van der Waals surface area contributed by atoms with Crippen molar-refractivity contribution in [2.45, 2.75) is 12.8 Å². The number of piperidine rings is 1. The van der Waals surface area contributed by atoms with E-state index in [0.29, 0.717) is 13.1 Å². The fraction of sp³-hybridized carbons (Fsp3) is 0.800. The number of carbonyl (C=O) groups excluding carboxylic acids is 1. The zero-order valence-corrected chi connectivity index (χ0v) is 12.6. The van der Waals surface area contributed by atoms with Gasteiger partial charge in [0.15, 0.2) is 0 Å². The summed E-state index contributed by atoms with van der Waals surface area (Å²) < 4.78 is 23.9. The van der Waals surface area contributed by atoms with Gasteiger partial charge in [-0.3, -0.25) is 9.59 Å². The molecule has 1 heterocycles. The van der Waals surface area contributed by atoms with E-state index in [9.17, 15) is 18.0 Å². The van der Waals surface area contributed by atoms with Crippen LogP contribution >= 0.6 is 11.8 Å². The molecule has 0 aromatic rings. The third-order valence-corrected chi connectivity index (χ3v) is 4.37. The van der Waals surface area contributed by atoms with E-state index in [4.69, 9.17) is 10.2 Å². The molecule has 1 unspecified atom stereocenters. The molecule has 1 atom stereocenters.